The summed E-state index contributed by atoms with van der Waals surface area (Å²) in [6, 6.07) is 63.3. The van der Waals surface area contributed by atoms with Gasteiger partial charge in [-0.05, 0) is 53.6 Å². The summed E-state index contributed by atoms with van der Waals surface area (Å²) < 4.78 is 6.20. The van der Waals surface area contributed by atoms with Gasteiger partial charge in [-0.2, -0.15) is 0 Å². The summed E-state index contributed by atoms with van der Waals surface area (Å²) in [6.45, 7) is 0. The van der Waals surface area contributed by atoms with Crippen molar-refractivity contribution >= 4 is 21.9 Å². The maximum Gasteiger partial charge on any atom is 0.179 e. The molecule has 0 radical (unpaired) electrons. The highest BCUT2D eigenvalue weighted by atomic mass is 16.3. The van der Waals surface area contributed by atoms with Gasteiger partial charge in [0.05, 0.1) is 22.8 Å². The van der Waals surface area contributed by atoms with Crippen LogP contribution in [0, 0.1) is 0 Å². The van der Waals surface area contributed by atoms with E-state index in [1.165, 1.54) is 0 Å². The largest absolute Gasteiger partial charge is 0.456 e. The van der Waals surface area contributed by atoms with Crippen molar-refractivity contribution in [1.29, 1.82) is 0 Å². The van der Waals surface area contributed by atoms with Crippen LogP contribution in [0.3, 0.4) is 0 Å². The molecule has 0 aliphatic rings. The Hall–Kier alpha value is -7.57. The van der Waals surface area contributed by atoms with Crippen LogP contribution in [0.25, 0.3) is 101 Å². The summed E-state index contributed by atoms with van der Waals surface area (Å²) in [6.07, 6.45) is 0. The molecule has 10 aromatic rings. The zero-order valence-corrected chi connectivity index (χ0v) is 29.5. The standard InChI is InChI=1S/C49H31N5O/c1-5-15-32(16-6-1)40-30-41(33-17-7-2-8-18-33)52-48(51-40)44-28-37(36-25-26-47-39(27-36)38-23-13-14-24-46(38)55-47)29-45(50-44)49-53-42(34-19-9-3-10-20-34)31-43(54-49)35-21-11-4-12-22-35/h1-31H. The van der Waals surface area contributed by atoms with Crippen LogP contribution < -0.4 is 0 Å². The smallest absolute Gasteiger partial charge is 0.179 e. The normalized spacial score (nSPS) is 11.3. The summed E-state index contributed by atoms with van der Waals surface area (Å²) in [4.78, 5) is 25.9. The zero-order valence-electron chi connectivity index (χ0n) is 29.5. The lowest BCUT2D eigenvalue weighted by Gasteiger charge is -2.13. The Kier molecular flexibility index (Phi) is 8.04. The van der Waals surface area contributed by atoms with Crippen molar-refractivity contribution in [2.45, 2.75) is 0 Å². The van der Waals surface area contributed by atoms with E-state index >= 15 is 0 Å². The molecule has 0 unspecified atom stereocenters. The van der Waals surface area contributed by atoms with Crippen molar-refractivity contribution < 1.29 is 4.42 Å². The zero-order chi connectivity index (χ0) is 36.6. The molecule has 0 saturated heterocycles. The average Bonchev–Trinajstić information content (AvgIpc) is 3.65. The predicted octanol–water partition coefficient (Wildman–Crippen LogP) is 12.2. The molecule has 0 atom stereocenters. The molecule has 0 N–H and O–H groups in total. The number of pyridine rings is 1. The van der Waals surface area contributed by atoms with E-state index in [2.05, 4.69) is 78.9 Å². The van der Waals surface area contributed by atoms with Crippen molar-refractivity contribution in [2.75, 3.05) is 0 Å². The van der Waals surface area contributed by atoms with Gasteiger partial charge in [-0.1, -0.05) is 146 Å². The molecule has 0 fully saturated rings. The van der Waals surface area contributed by atoms with E-state index in [1.807, 2.05) is 109 Å². The lowest BCUT2D eigenvalue weighted by molar-refractivity contribution is 0.669. The van der Waals surface area contributed by atoms with Crippen molar-refractivity contribution in [1.82, 2.24) is 24.9 Å². The maximum atomic E-state index is 6.20. The molecule has 10 rings (SSSR count). The van der Waals surface area contributed by atoms with Gasteiger partial charge in [0.15, 0.2) is 11.6 Å². The van der Waals surface area contributed by atoms with Gasteiger partial charge in [-0.15, -0.1) is 0 Å². The number of para-hydroxylation sites is 1. The van der Waals surface area contributed by atoms with Crippen LogP contribution in [-0.4, -0.2) is 24.9 Å². The van der Waals surface area contributed by atoms with Gasteiger partial charge in [-0.25, -0.2) is 24.9 Å². The number of nitrogens with zero attached hydrogens (tertiary/aromatic N) is 5. The number of furan rings is 1. The number of benzene rings is 6. The SMILES string of the molecule is c1ccc(-c2cc(-c3ccccc3)nc(-c3cc(-c4ccc5oc6ccccc6c5c4)cc(-c4nc(-c5ccccc5)cc(-c5ccccc5)n4)n3)n2)cc1. The van der Waals surface area contributed by atoms with Gasteiger partial charge in [0.1, 0.15) is 22.6 Å². The highest BCUT2D eigenvalue weighted by Crippen LogP contribution is 2.36. The van der Waals surface area contributed by atoms with Crippen LogP contribution in [0.2, 0.25) is 0 Å². The number of rotatable bonds is 7. The molecule has 0 amide bonds. The van der Waals surface area contributed by atoms with Crippen LogP contribution in [0.15, 0.2) is 192 Å². The lowest BCUT2D eigenvalue weighted by Crippen LogP contribution is -2.01. The van der Waals surface area contributed by atoms with Crippen LogP contribution in [0.1, 0.15) is 0 Å². The molecule has 0 aliphatic heterocycles. The molecule has 0 bridgehead atoms. The first kappa shape index (κ1) is 32.1. The Labute approximate surface area is 317 Å². The minimum atomic E-state index is 0.501. The second-order valence-electron chi connectivity index (χ2n) is 13.3. The molecule has 4 aromatic heterocycles. The minimum Gasteiger partial charge on any atom is -0.456 e. The Morgan fingerprint density at radius 2 is 0.655 bits per heavy atom. The summed E-state index contributed by atoms with van der Waals surface area (Å²) in [5.74, 6) is 1.00. The van der Waals surface area contributed by atoms with Gasteiger partial charge in [-0.3, -0.25) is 0 Å². The third-order valence-corrected chi connectivity index (χ3v) is 9.72. The quantitative estimate of drug-likeness (QED) is 0.164. The number of aromatic nitrogens is 5. The first-order valence-corrected chi connectivity index (χ1v) is 18.2. The van der Waals surface area contributed by atoms with Gasteiger partial charge in [0.25, 0.3) is 0 Å². The second-order valence-corrected chi connectivity index (χ2v) is 13.3. The van der Waals surface area contributed by atoms with Crippen LogP contribution in [0.5, 0.6) is 0 Å². The molecular weight excluding hydrogens is 675 g/mol. The molecule has 0 spiro atoms. The van der Waals surface area contributed by atoms with Gasteiger partial charge < -0.3 is 4.42 Å². The number of fused-ring (bicyclic) bond motifs is 3. The first-order chi connectivity index (χ1) is 27.2. The van der Waals surface area contributed by atoms with E-state index in [0.29, 0.717) is 23.0 Å². The summed E-state index contributed by atoms with van der Waals surface area (Å²) >= 11 is 0. The van der Waals surface area contributed by atoms with E-state index in [0.717, 1.165) is 78.1 Å². The summed E-state index contributed by atoms with van der Waals surface area (Å²) in [5, 5.41) is 2.10. The molecule has 6 aromatic carbocycles. The maximum absolute atomic E-state index is 6.20. The van der Waals surface area contributed by atoms with E-state index in [9.17, 15) is 0 Å². The fourth-order valence-corrected chi connectivity index (χ4v) is 6.98. The fourth-order valence-electron chi connectivity index (χ4n) is 6.98. The first-order valence-electron chi connectivity index (χ1n) is 18.2. The molecule has 0 aliphatic carbocycles. The van der Waals surface area contributed by atoms with E-state index in [4.69, 9.17) is 29.3 Å². The topological polar surface area (TPSA) is 77.6 Å². The second kappa shape index (κ2) is 13.8. The van der Waals surface area contributed by atoms with Crippen LogP contribution in [0.4, 0.5) is 0 Å². The van der Waals surface area contributed by atoms with Crippen LogP contribution >= 0.6 is 0 Å². The highest BCUT2D eigenvalue weighted by Gasteiger charge is 2.18. The Balaban J connectivity index is 1.23. The molecule has 258 valence electrons. The lowest BCUT2D eigenvalue weighted by atomic mass is 10.0. The van der Waals surface area contributed by atoms with Gasteiger partial charge in [0.2, 0.25) is 0 Å². The van der Waals surface area contributed by atoms with Crippen molar-refractivity contribution in [3.8, 4) is 79.2 Å². The minimum absolute atomic E-state index is 0.501. The van der Waals surface area contributed by atoms with Crippen molar-refractivity contribution in [2.24, 2.45) is 0 Å². The molecule has 6 heteroatoms. The fraction of sp³-hybridized carbons (Fsp3) is 0. The Bertz CT molecular complexity index is 2700. The Morgan fingerprint density at radius 1 is 0.255 bits per heavy atom. The van der Waals surface area contributed by atoms with Gasteiger partial charge in [0, 0.05) is 33.0 Å². The van der Waals surface area contributed by atoms with E-state index in [-0.39, 0.29) is 0 Å². The summed E-state index contributed by atoms with van der Waals surface area (Å²) in [5.41, 5.74) is 12.0. The van der Waals surface area contributed by atoms with Crippen LogP contribution in [-0.2, 0) is 0 Å². The number of hydrogen-bond donors (Lipinski definition) is 0. The third kappa shape index (κ3) is 6.32. The Morgan fingerprint density at radius 3 is 1.11 bits per heavy atom. The average molecular weight is 706 g/mol. The van der Waals surface area contributed by atoms with Crippen molar-refractivity contribution in [3.05, 3.63) is 188 Å². The third-order valence-electron chi connectivity index (χ3n) is 9.72. The highest BCUT2D eigenvalue weighted by molar-refractivity contribution is 6.06. The molecule has 4 heterocycles. The number of hydrogen-bond acceptors (Lipinski definition) is 6. The van der Waals surface area contributed by atoms with Crippen molar-refractivity contribution in [3.63, 3.8) is 0 Å². The molecule has 0 saturated carbocycles. The molecule has 6 nitrogen and oxygen atoms in total. The molecular formula is C49H31N5O. The molecule has 55 heavy (non-hydrogen) atoms. The van der Waals surface area contributed by atoms with Gasteiger partial charge >= 0.3 is 0 Å². The van der Waals surface area contributed by atoms with E-state index in [1.54, 1.807) is 0 Å². The summed E-state index contributed by atoms with van der Waals surface area (Å²) in [7, 11) is 0. The predicted molar refractivity (Wildman–Crippen MR) is 221 cm³/mol. The van der Waals surface area contributed by atoms with E-state index < -0.39 is 0 Å². The monoisotopic (exact) mass is 705 g/mol.